The largest absolute Gasteiger partial charge is 0.381 e. The van der Waals surface area contributed by atoms with Gasteiger partial charge in [0.15, 0.2) is 5.13 Å². The van der Waals surface area contributed by atoms with E-state index in [2.05, 4.69) is 15.0 Å². The molecule has 2 N–H and O–H groups in total. The van der Waals surface area contributed by atoms with Gasteiger partial charge in [0.1, 0.15) is 0 Å². The zero-order valence-electron chi connectivity index (χ0n) is 12.5. The maximum Gasteiger partial charge on any atom is 0.263 e. The van der Waals surface area contributed by atoms with E-state index >= 15 is 0 Å². The van der Waals surface area contributed by atoms with Gasteiger partial charge in [-0.05, 0) is 31.2 Å². The molecule has 0 aliphatic carbocycles. The van der Waals surface area contributed by atoms with Crippen LogP contribution in [0.4, 0.5) is 10.8 Å². The first-order chi connectivity index (χ1) is 11.0. The van der Waals surface area contributed by atoms with Crippen LogP contribution in [0.25, 0.3) is 0 Å². The summed E-state index contributed by atoms with van der Waals surface area (Å²) in [5.41, 5.74) is 0.527. The van der Waals surface area contributed by atoms with Crippen LogP contribution < -0.4 is 10.0 Å². The maximum atomic E-state index is 12.2. The lowest BCUT2D eigenvalue weighted by atomic mass is 10.3. The van der Waals surface area contributed by atoms with Gasteiger partial charge in [0.2, 0.25) is 5.91 Å². The highest BCUT2D eigenvalue weighted by molar-refractivity contribution is 7.93. The molecule has 1 aromatic heterocycles. The van der Waals surface area contributed by atoms with Crippen molar-refractivity contribution < 1.29 is 17.9 Å². The molecular weight excluding hydrogens is 338 g/mol. The number of benzene rings is 1. The number of ether oxygens (including phenoxy) is 1. The monoisotopic (exact) mass is 355 g/mol. The molecule has 0 bridgehead atoms. The van der Waals surface area contributed by atoms with Crippen molar-refractivity contribution in [2.45, 2.75) is 18.2 Å². The first-order valence-electron chi connectivity index (χ1n) is 6.91. The van der Waals surface area contributed by atoms with E-state index in [0.29, 0.717) is 24.0 Å². The van der Waals surface area contributed by atoms with Gasteiger partial charge in [0.05, 0.1) is 17.9 Å². The summed E-state index contributed by atoms with van der Waals surface area (Å²) in [7, 11) is -3.68. The zero-order chi connectivity index (χ0) is 16.7. The average Bonchev–Trinajstić information content (AvgIpc) is 3.00. The van der Waals surface area contributed by atoms with E-state index in [1.54, 1.807) is 5.38 Å². The fourth-order valence-electron chi connectivity index (χ4n) is 1.70. The smallest absolute Gasteiger partial charge is 0.263 e. The van der Waals surface area contributed by atoms with Crippen LogP contribution in [-0.2, 0) is 19.6 Å². The summed E-state index contributed by atoms with van der Waals surface area (Å²) in [4.78, 5) is 15.6. The number of rotatable bonds is 8. The Morgan fingerprint density at radius 3 is 2.65 bits per heavy atom. The van der Waals surface area contributed by atoms with Crippen LogP contribution in [0.3, 0.4) is 0 Å². The van der Waals surface area contributed by atoms with Crippen molar-refractivity contribution in [1.29, 1.82) is 0 Å². The highest BCUT2D eigenvalue weighted by Gasteiger charge is 2.15. The average molecular weight is 355 g/mol. The Hall–Kier alpha value is -1.97. The van der Waals surface area contributed by atoms with Gasteiger partial charge in [-0.15, -0.1) is 11.3 Å². The predicted octanol–water partition coefficient (Wildman–Crippen LogP) is 2.31. The third kappa shape index (κ3) is 5.31. The molecule has 0 aliphatic rings. The van der Waals surface area contributed by atoms with Gasteiger partial charge < -0.3 is 10.1 Å². The second kappa shape index (κ2) is 8.04. The third-order valence-electron chi connectivity index (χ3n) is 2.78. The summed E-state index contributed by atoms with van der Waals surface area (Å²) in [6.45, 7) is 2.77. The number of hydrogen-bond acceptors (Lipinski definition) is 6. The van der Waals surface area contributed by atoms with Crippen LogP contribution in [0, 0.1) is 0 Å². The first kappa shape index (κ1) is 17.4. The lowest BCUT2D eigenvalue weighted by Crippen LogP contribution is -2.15. The second-order valence-corrected chi connectivity index (χ2v) is 7.04. The first-order valence-corrected chi connectivity index (χ1v) is 9.27. The van der Waals surface area contributed by atoms with Gasteiger partial charge in [-0.3, -0.25) is 9.52 Å². The molecule has 23 heavy (non-hydrogen) atoms. The zero-order valence-corrected chi connectivity index (χ0v) is 14.1. The van der Waals surface area contributed by atoms with E-state index in [9.17, 15) is 13.2 Å². The molecule has 0 saturated heterocycles. The third-order valence-corrected chi connectivity index (χ3v) is 4.95. The van der Waals surface area contributed by atoms with Crippen molar-refractivity contribution in [2.24, 2.45) is 0 Å². The van der Waals surface area contributed by atoms with E-state index < -0.39 is 10.0 Å². The molecule has 1 heterocycles. The van der Waals surface area contributed by atoms with Crippen LogP contribution >= 0.6 is 11.3 Å². The molecule has 0 unspecified atom stereocenters. The summed E-state index contributed by atoms with van der Waals surface area (Å²) in [5, 5.41) is 4.66. The number of nitrogens with zero attached hydrogens (tertiary/aromatic N) is 1. The summed E-state index contributed by atoms with van der Waals surface area (Å²) in [6, 6.07) is 5.92. The summed E-state index contributed by atoms with van der Waals surface area (Å²) in [6.07, 6.45) is 1.77. The molecule has 2 rings (SSSR count). The standard InChI is InChI=1S/C14H17N3O4S2/c1-2-21-9-7-13(18)16-11-3-5-12(6-4-11)23(19,20)17-14-15-8-10-22-14/h3-6,8,10H,2,7,9H2,1H3,(H,15,17)(H,16,18). The summed E-state index contributed by atoms with van der Waals surface area (Å²) < 4.78 is 31.8. The van der Waals surface area contributed by atoms with E-state index in [1.807, 2.05) is 6.92 Å². The van der Waals surface area contributed by atoms with Crippen molar-refractivity contribution in [3.8, 4) is 0 Å². The molecule has 1 amide bonds. The van der Waals surface area contributed by atoms with Gasteiger partial charge in [-0.2, -0.15) is 0 Å². The van der Waals surface area contributed by atoms with Gasteiger partial charge in [-0.25, -0.2) is 13.4 Å². The van der Waals surface area contributed by atoms with Gasteiger partial charge >= 0.3 is 0 Å². The minimum atomic E-state index is -3.68. The number of anilines is 2. The van der Waals surface area contributed by atoms with Crippen LogP contribution in [-0.4, -0.2) is 32.5 Å². The molecular formula is C14H17N3O4S2. The number of carbonyl (C=O) groups excluding carboxylic acids is 1. The van der Waals surface area contributed by atoms with Crippen molar-refractivity contribution in [3.63, 3.8) is 0 Å². The number of sulfonamides is 1. The van der Waals surface area contributed by atoms with Crippen molar-refractivity contribution in [3.05, 3.63) is 35.8 Å². The lowest BCUT2D eigenvalue weighted by Gasteiger charge is -2.08. The Balaban J connectivity index is 1.97. The molecule has 0 saturated carbocycles. The van der Waals surface area contributed by atoms with Crippen LogP contribution in [0.15, 0.2) is 40.7 Å². The normalized spacial score (nSPS) is 11.2. The number of aromatic nitrogens is 1. The maximum absolute atomic E-state index is 12.2. The van der Waals surface area contributed by atoms with E-state index in [1.165, 1.54) is 41.8 Å². The minimum absolute atomic E-state index is 0.0972. The number of nitrogens with one attached hydrogen (secondary N) is 2. The van der Waals surface area contributed by atoms with Crippen LogP contribution in [0.5, 0.6) is 0 Å². The molecule has 0 atom stereocenters. The number of amides is 1. The van der Waals surface area contributed by atoms with Crippen molar-refractivity contribution in [2.75, 3.05) is 23.3 Å². The molecule has 0 aliphatic heterocycles. The summed E-state index contributed by atoms with van der Waals surface area (Å²) in [5.74, 6) is -0.185. The molecule has 9 heteroatoms. The lowest BCUT2D eigenvalue weighted by molar-refractivity contribution is -0.117. The highest BCUT2D eigenvalue weighted by Crippen LogP contribution is 2.19. The van der Waals surface area contributed by atoms with E-state index in [4.69, 9.17) is 4.74 Å². The van der Waals surface area contributed by atoms with Crippen LogP contribution in [0.2, 0.25) is 0 Å². The molecule has 0 spiro atoms. The predicted molar refractivity (Wildman–Crippen MR) is 89.1 cm³/mol. The molecule has 0 fully saturated rings. The number of hydrogen-bond donors (Lipinski definition) is 2. The topological polar surface area (TPSA) is 97.4 Å². The van der Waals surface area contributed by atoms with Crippen LogP contribution in [0.1, 0.15) is 13.3 Å². The highest BCUT2D eigenvalue weighted by atomic mass is 32.2. The fraction of sp³-hybridized carbons (Fsp3) is 0.286. The number of thiazole rings is 1. The second-order valence-electron chi connectivity index (χ2n) is 4.46. The van der Waals surface area contributed by atoms with Gasteiger partial charge in [0.25, 0.3) is 10.0 Å². The Bertz CT molecular complexity index is 728. The summed E-state index contributed by atoms with van der Waals surface area (Å²) >= 11 is 1.20. The van der Waals surface area contributed by atoms with Gasteiger partial charge in [-0.1, -0.05) is 0 Å². The Labute approximate surface area is 138 Å². The molecule has 0 radical (unpaired) electrons. The Morgan fingerprint density at radius 1 is 1.30 bits per heavy atom. The Morgan fingerprint density at radius 2 is 2.04 bits per heavy atom. The SMILES string of the molecule is CCOCCC(=O)Nc1ccc(S(=O)(=O)Nc2nccs2)cc1. The number of carbonyl (C=O) groups is 1. The Kier molecular flexibility index (Phi) is 6.08. The molecule has 7 nitrogen and oxygen atoms in total. The quantitative estimate of drug-likeness (QED) is 0.708. The van der Waals surface area contributed by atoms with Crippen molar-refractivity contribution in [1.82, 2.24) is 4.98 Å². The van der Waals surface area contributed by atoms with E-state index in [-0.39, 0.29) is 17.2 Å². The fourth-order valence-corrected chi connectivity index (χ4v) is 3.49. The molecule has 1 aromatic carbocycles. The minimum Gasteiger partial charge on any atom is -0.381 e. The molecule has 124 valence electrons. The van der Waals surface area contributed by atoms with Crippen molar-refractivity contribution >= 4 is 38.1 Å². The molecule has 2 aromatic rings. The van der Waals surface area contributed by atoms with Gasteiger partial charge in [0, 0.05) is 23.9 Å². The van der Waals surface area contributed by atoms with E-state index in [0.717, 1.165) is 0 Å².